The maximum absolute atomic E-state index is 12.6. The molecule has 0 aliphatic carbocycles. The van der Waals surface area contributed by atoms with Crippen molar-refractivity contribution < 1.29 is 8.78 Å². The molecule has 1 rings (SSSR count). The van der Waals surface area contributed by atoms with E-state index in [1.165, 1.54) is 6.92 Å². The number of benzene rings is 1. The lowest BCUT2D eigenvalue weighted by atomic mass is 9.90. The molecule has 1 aromatic carbocycles. The number of aryl methyl sites for hydroxylation is 1. The van der Waals surface area contributed by atoms with Crippen LogP contribution in [-0.2, 0) is 5.54 Å². The van der Waals surface area contributed by atoms with Crippen LogP contribution < -0.4 is 5.73 Å². The van der Waals surface area contributed by atoms with Crippen LogP contribution >= 0.6 is 15.9 Å². The number of hydrogen-bond donors (Lipinski definition) is 1. The molecule has 0 amide bonds. The van der Waals surface area contributed by atoms with Gasteiger partial charge in [-0.2, -0.15) is 0 Å². The third-order valence-electron chi connectivity index (χ3n) is 2.22. The molecule has 0 saturated heterocycles. The SMILES string of the molecule is Cc1cc(Br)ccc1C(C)(N)C(F)F. The second-order valence-electron chi connectivity index (χ2n) is 3.54. The van der Waals surface area contributed by atoms with Gasteiger partial charge in [-0.25, -0.2) is 8.78 Å². The number of rotatable bonds is 2. The van der Waals surface area contributed by atoms with Crippen molar-refractivity contribution in [3.8, 4) is 0 Å². The zero-order valence-corrected chi connectivity index (χ0v) is 9.61. The molecule has 0 aliphatic rings. The molecule has 1 unspecified atom stereocenters. The van der Waals surface area contributed by atoms with Crippen molar-refractivity contribution in [2.75, 3.05) is 0 Å². The number of hydrogen-bond acceptors (Lipinski definition) is 1. The van der Waals surface area contributed by atoms with Crippen LogP contribution in [0.5, 0.6) is 0 Å². The Hall–Kier alpha value is -0.480. The van der Waals surface area contributed by atoms with Gasteiger partial charge in [-0.15, -0.1) is 0 Å². The third kappa shape index (κ3) is 2.12. The van der Waals surface area contributed by atoms with E-state index in [2.05, 4.69) is 15.9 Å². The molecule has 1 atom stereocenters. The van der Waals surface area contributed by atoms with Crippen molar-refractivity contribution >= 4 is 15.9 Å². The molecule has 78 valence electrons. The first-order valence-electron chi connectivity index (χ1n) is 4.19. The zero-order valence-electron chi connectivity index (χ0n) is 8.02. The van der Waals surface area contributed by atoms with Gasteiger partial charge >= 0.3 is 0 Å². The van der Waals surface area contributed by atoms with Crippen LogP contribution in [-0.4, -0.2) is 6.43 Å². The summed E-state index contributed by atoms with van der Waals surface area (Å²) in [5.74, 6) is 0. The summed E-state index contributed by atoms with van der Waals surface area (Å²) in [4.78, 5) is 0. The van der Waals surface area contributed by atoms with Crippen molar-refractivity contribution in [3.05, 3.63) is 33.8 Å². The lowest BCUT2D eigenvalue weighted by Gasteiger charge is -2.26. The molecule has 0 bridgehead atoms. The minimum absolute atomic E-state index is 0.482. The molecule has 0 radical (unpaired) electrons. The predicted molar refractivity (Wildman–Crippen MR) is 56.4 cm³/mol. The maximum atomic E-state index is 12.6. The van der Waals surface area contributed by atoms with E-state index >= 15 is 0 Å². The smallest absolute Gasteiger partial charge is 0.260 e. The summed E-state index contributed by atoms with van der Waals surface area (Å²) in [7, 11) is 0. The number of halogens is 3. The number of nitrogens with two attached hydrogens (primary N) is 1. The second kappa shape index (κ2) is 3.95. The molecular formula is C10H12BrF2N. The second-order valence-corrected chi connectivity index (χ2v) is 4.46. The standard InChI is InChI=1S/C10H12BrF2N/c1-6-5-7(11)3-4-8(6)10(2,14)9(12)13/h3-5,9H,14H2,1-2H3. The van der Waals surface area contributed by atoms with E-state index in [0.29, 0.717) is 5.56 Å². The first-order valence-corrected chi connectivity index (χ1v) is 4.98. The van der Waals surface area contributed by atoms with Crippen LogP contribution in [0.3, 0.4) is 0 Å². The highest BCUT2D eigenvalue weighted by Gasteiger charge is 2.33. The van der Waals surface area contributed by atoms with Gasteiger partial charge in [-0.1, -0.05) is 22.0 Å². The maximum Gasteiger partial charge on any atom is 0.260 e. The van der Waals surface area contributed by atoms with Crippen LogP contribution in [0.15, 0.2) is 22.7 Å². The van der Waals surface area contributed by atoms with Gasteiger partial charge in [0.25, 0.3) is 6.43 Å². The average Bonchev–Trinajstić information content (AvgIpc) is 2.02. The molecule has 2 N–H and O–H groups in total. The molecule has 0 aliphatic heterocycles. The molecule has 0 saturated carbocycles. The lowest BCUT2D eigenvalue weighted by Crippen LogP contribution is -2.41. The Kier molecular flexibility index (Phi) is 3.27. The normalized spacial score (nSPS) is 15.6. The van der Waals surface area contributed by atoms with Crippen LogP contribution in [0.4, 0.5) is 8.78 Å². The molecule has 4 heteroatoms. The van der Waals surface area contributed by atoms with E-state index in [-0.39, 0.29) is 0 Å². The van der Waals surface area contributed by atoms with E-state index in [9.17, 15) is 8.78 Å². The average molecular weight is 264 g/mol. The minimum atomic E-state index is -2.57. The molecule has 0 fully saturated rings. The van der Waals surface area contributed by atoms with Crippen molar-refractivity contribution in [3.63, 3.8) is 0 Å². The molecular weight excluding hydrogens is 252 g/mol. The largest absolute Gasteiger partial charge is 0.317 e. The van der Waals surface area contributed by atoms with Gasteiger partial charge in [0.2, 0.25) is 0 Å². The fourth-order valence-corrected chi connectivity index (χ4v) is 1.82. The molecule has 1 aromatic rings. The summed E-state index contributed by atoms with van der Waals surface area (Å²) < 4.78 is 26.1. The summed E-state index contributed by atoms with van der Waals surface area (Å²) in [5.41, 5.74) is 5.24. The van der Waals surface area contributed by atoms with E-state index < -0.39 is 12.0 Å². The molecule has 14 heavy (non-hydrogen) atoms. The summed E-state index contributed by atoms with van der Waals surface area (Å²) in [5, 5.41) is 0. The third-order valence-corrected chi connectivity index (χ3v) is 2.72. The Balaban J connectivity index is 3.19. The van der Waals surface area contributed by atoms with Crippen LogP contribution in [0.25, 0.3) is 0 Å². The number of alkyl halides is 2. The summed E-state index contributed by atoms with van der Waals surface area (Å²) >= 11 is 3.27. The Morgan fingerprint density at radius 1 is 1.43 bits per heavy atom. The van der Waals surface area contributed by atoms with Crippen LogP contribution in [0.2, 0.25) is 0 Å². The monoisotopic (exact) mass is 263 g/mol. The lowest BCUT2D eigenvalue weighted by molar-refractivity contribution is 0.0621. The van der Waals surface area contributed by atoms with Crippen LogP contribution in [0, 0.1) is 6.92 Å². The zero-order chi connectivity index (χ0) is 10.9. The highest BCUT2D eigenvalue weighted by atomic mass is 79.9. The minimum Gasteiger partial charge on any atom is -0.317 e. The van der Waals surface area contributed by atoms with E-state index in [4.69, 9.17) is 5.73 Å². The summed E-state index contributed by atoms with van der Waals surface area (Å²) in [6.07, 6.45) is -2.57. The predicted octanol–water partition coefficient (Wildman–Crippen LogP) is 3.20. The van der Waals surface area contributed by atoms with Gasteiger partial charge < -0.3 is 5.73 Å². The van der Waals surface area contributed by atoms with Gasteiger partial charge in [0.1, 0.15) is 0 Å². The molecule has 0 spiro atoms. The molecule has 0 aromatic heterocycles. The van der Waals surface area contributed by atoms with Crippen molar-refractivity contribution in [1.29, 1.82) is 0 Å². The Bertz CT molecular complexity index is 337. The van der Waals surface area contributed by atoms with E-state index in [1.807, 2.05) is 0 Å². The first kappa shape index (κ1) is 11.6. The quantitative estimate of drug-likeness (QED) is 0.872. The summed E-state index contributed by atoms with van der Waals surface area (Å²) in [6, 6.07) is 5.13. The van der Waals surface area contributed by atoms with Crippen molar-refractivity contribution in [2.24, 2.45) is 5.73 Å². The van der Waals surface area contributed by atoms with Gasteiger partial charge in [0, 0.05) is 4.47 Å². The van der Waals surface area contributed by atoms with Gasteiger partial charge in [0.15, 0.2) is 0 Å². The Labute approximate surface area is 90.4 Å². The van der Waals surface area contributed by atoms with Crippen molar-refractivity contribution in [2.45, 2.75) is 25.8 Å². The van der Waals surface area contributed by atoms with Gasteiger partial charge in [0.05, 0.1) is 5.54 Å². The van der Waals surface area contributed by atoms with Crippen molar-refractivity contribution in [1.82, 2.24) is 0 Å². The first-order chi connectivity index (χ1) is 6.35. The molecule has 0 heterocycles. The molecule has 1 nitrogen and oxygen atoms in total. The highest BCUT2D eigenvalue weighted by molar-refractivity contribution is 9.10. The fraction of sp³-hybridized carbons (Fsp3) is 0.400. The van der Waals surface area contributed by atoms with E-state index in [1.54, 1.807) is 25.1 Å². The van der Waals surface area contributed by atoms with Gasteiger partial charge in [-0.05, 0) is 37.1 Å². The summed E-state index contributed by atoms with van der Waals surface area (Å²) in [6.45, 7) is 3.11. The Morgan fingerprint density at radius 2 is 2.00 bits per heavy atom. The van der Waals surface area contributed by atoms with Crippen LogP contribution in [0.1, 0.15) is 18.1 Å². The Morgan fingerprint density at radius 3 is 2.43 bits per heavy atom. The van der Waals surface area contributed by atoms with Gasteiger partial charge in [-0.3, -0.25) is 0 Å². The highest BCUT2D eigenvalue weighted by Crippen LogP contribution is 2.29. The van der Waals surface area contributed by atoms with E-state index in [0.717, 1.165) is 10.0 Å². The fourth-order valence-electron chi connectivity index (χ4n) is 1.35. The topological polar surface area (TPSA) is 26.0 Å².